The molecule has 0 aromatic heterocycles. The summed E-state index contributed by atoms with van der Waals surface area (Å²) in [6.07, 6.45) is 5.62. The summed E-state index contributed by atoms with van der Waals surface area (Å²) in [6.45, 7) is 17.5. The van der Waals surface area contributed by atoms with Gasteiger partial charge in [0.1, 0.15) is 0 Å². The average Bonchev–Trinajstić information content (AvgIpc) is 3.20. The van der Waals surface area contributed by atoms with Gasteiger partial charge in [0.25, 0.3) is 0 Å². The number of rotatable bonds is 1. The molecule has 0 amide bonds. The maximum atomic E-state index is 3.58. The molecule has 1 aliphatic carbocycles. The van der Waals surface area contributed by atoms with Crippen LogP contribution in [0.15, 0.2) is 40.9 Å². The van der Waals surface area contributed by atoms with Gasteiger partial charge in [0.05, 0.1) is 0 Å². The average molecular weight is 461 g/mol. The minimum Gasteiger partial charge on any atom is -0.0795 e. The summed E-state index contributed by atoms with van der Waals surface area (Å²) in [5.74, 6) is 0. The van der Waals surface area contributed by atoms with Crippen LogP contribution in [0.5, 0.6) is 0 Å². The van der Waals surface area contributed by atoms with E-state index in [0.29, 0.717) is 0 Å². The number of fused-ring (bicyclic) bond motifs is 1. The van der Waals surface area contributed by atoms with Gasteiger partial charge in [0.2, 0.25) is 0 Å². The highest BCUT2D eigenvalue weighted by molar-refractivity contribution is 9.10. The van der Waals surface area contributed by atoms with Gasteiger partial charge in [-0.05, 0) is 129 Å². The summed E-state index contributed by atoms with van der Waals surface area (Å²) in [7, 11) is 0. The fourth-order valence-corrected chi connectivity index (χ4v) is 4.92. The fraction of sp³-hybridized carbons (Fsp3) is 0.310. The molecule has 0 saturated carbocycles. The molecule has 3 aromatic carbocycles. The van der Waals surface area contributed by atoms with E-state index in [0.717, 1.165) is 6.42 Å². The van der Waals surface area contributed by atoms with Gasteiger partial charge in [-0.2, -0.15) is 0 Å². The molecular formula is C29H33Br. The molecule has 3 aromatic rings. The van der Waals surface area contributed by atoms with E-state index >= 15 is 0 Å². The van der Waals surface area contributed by atoms with E-state index in [4.69, 9.17) is 0 Å². The third-order valence-electron chi connectivity index (χ3n) is 6.73. The van der Waals surface area contributed by atoms with Crippen molar-refractivity contribution in [3.8, 4) is 11.1 Å². The summed E-state index contributed by atoms with van der Waals surface area (Å²) in [6, 6.07) is 11.2. The fourth-order valence-electron chi connectivity index (χ4n) is 4.30. The van der Waals surface area contributed by atoms with Crippen LogP contribution < -0.4 is 0 Å². The molecule has 0 radical (unpaired) electrons. The summed E-state index contributed by atoms with van der Waals surface area (Å²) in [4.78, 5) is 0. The van der Waals surface area contributed by atoms with Crippen LogP contribution >= 0.6 is 15.9 Å². The molecule has 0 nitrogen and oxygen atoms in total. The van der Waals surface area contributed by atoms with Crippen LogP contribution in [0.2, 0.25) is 0 Å². The Balaban J connectivity index is 0.000000199. The molecule has 0 fully saturated rings. The Bertz CT molecular complexity index is 1090. The molecule has 0 unspecified atom stereocenters. The van der Waals surface area contributed by atoms with Crippen molar-refractivity contribution in [2.75, 3.05) is 0 Å². The molecule has 0 saturated heterocycles. The minimum atomic E-state index is 1.08. The van der Waals surface area contributed by atoms with Crippen molar-refractivity contribution < 1.29 is 0 Å². The number of hydrogen-bond donors (Lipinski definition) is 0. The van der Waals surface area contributed by atoms with Gasteiger partial charge in [0.15, 0.2) is 0 Å². The predicted octanol–water partition coefficient (Wildman–Crippen LogP) is 8.84. The second-order valence-electron chi connectivity index (χ2n) is 8.69. The Labute approximate surface area is 191 Å². The zero-order valence-electron chi connectivity index (χ0n) is 19.6. The number of halogens is 1. The highest BCUT2D eigenvalue weighted by atomic mass is 79.9. The SMILES string of the molecule is Cc1cc(C)c(C)c(-c2cccc3c2C=CC3)c1C.Cc1cc(C)c(C)c(Br)c1C. The lowest BCUT2D eigenvalue weighted by atomic mass is 9.87. The molecule has 0 aliphatic heterocycles. The first-order valence-corrected chi connectivity index (χ1v) is 11.5. The van der Waals surface area contributed by atoms with E-state index in [1.165, 1.54) is 71.2 Å². The minimum absolute atomic E-state index is 1.08. The second-order valence-corrected chi connectivity index (χ2v) is 9.49. The zero-order valence-corrected chi connectivity index (χ0v) is 21.2. The third kappa shape index (κ3) is 4.18. The molecular weight excluding hydrogens is 428 g/mol. The van der Waals surface area contributed by atoms with Gasteiger partial charge in [-0.3, -0.25) is 0 Å². The summed E-state index contributed by atoms with van der Waals surface area (Å²) >= 11 is 3.58. The van der Waals surface area contributed by atoms with Crippen molar-refractivity contribution in [2.45, 2.75) is 61.8 Å². The predicted molar refractivity (Wildman–Crippen MR) is 137 cm³/mol. The molecule has 1 heteroatoms. The summed E-state index contributed by atoms with van der Waals surface area (Å²) in [5, 5.41) is 0. The maximum absolute atomic E-state index is 3.58. The van der Waals surface area contributed by atoms with Crippen molar-refractivity contribution in [1.29, 1.82) is 0 Å². The van der Waals surface area contributed by atoms with Crippen molar-refractivity contribution in [3.63, 3.8) is 0 Å². The van der Waals surface area contributed by atoms with Gasteiger partial charge in [-0.1, -0.05) is 58.4 Å². The quantitative estimate of drug-likeness (QED) is 0.340. The molecule has 0 spiro atoms. The largest absolute Gasteiger partial charge is 0.0795 e. The molecule has 0 N–H and O–H groups in total. The normalized spacial score (nSPS) is 11.9. The molecule has 4 rings (SSSR count). The smallest absolute Gasteiger partial charge is 0.0238 e. The molecule has 0 bridgehead atoms. The number of allylic oxidation sites excluding steroid dienone is 1. The van der Waals surface area contributed by atoms with Gasteiger partial charge >= 0.3 is 0 Å². The monoisotopic (exact) mass is 460 g/mol. The van der Waals surface area contributed by atoms with Gasteiger partial charge in [-0.25, -0.2) is 0 Å². The molecule has 1 aliphatic rings. The van der Waals surface area contributed by atoms with Gasteiger partial charge in [0, 0.05) is 4.47 Å². The first-order chi connectivity index (χ1) is 14.1. The van der Waals surface area contributed by atoms with Crippen molar-refractivity contribution in [3.05, 3.63) is 96.5 Å². The Morgan fingerprint density at radius 2 is 1.17 bits per heavy atom. The molecule has 0 heterocycles. The lowest BCUT2D eigenvalue weighted by molar-refractivity contribution is 1.22. The van der Waals surface area contributed by atoms with Crippen LogP contribution in [0, 0.1) is 55.4 Å². The van der Waals surface area contributed by atoms with Crippen molar-refractivity contribution in [1.82, 2.24) is 0 Å². The zero-order chi connectivity index (χ0) is 22.2. The Morgan fingerprint density at radius 1 is 0.667 bits per heavy atom. The van der Waals surface area contributed by atoms with E-state index in [2.05, 4.69) is 114 Å². The van der Waals surface area contributed by atoms with E-state index in [-0.39, 0.29) is 0 Å². The number of aryl methyl sites for hydroxylation is 4. The van der Waals surface area contributed by atoms with Crippen LogP contribution in [0.1, 0.15) is 55.6 Å². The number of hydrogen-bond acceptors (Lipinski definition) is 0. The van der Waals surface area contributed by atoms with Crippen molar-refractivity contribution >= 4 is 22.0 Å². The lowest BCUT2D eigenvalue weighted by Crippen LogP contribution is -1.97. The van der Waals surface area contributed by atoms with Crippen LogP contribution in [-0.2, 0) is 6.42 Å². The maximum Gasteiger partial charge on any atom is 0.0238 e. The van der Waals surface area contributed by atoms with Gasteiger partial charge < -0.3 is 0 Å². The lowest BCUT2D eigenvalue weighted by Gasteiger charge is -2.18. The summed E-state index contributed by atoms with van der Waals surface area (Å²) < 4.78 is 1.26. The van der Waals surface area contributed by atoms with Crippen LogP contribution in [0.4, 0.5) is 0 Å². The van der Waals surface area contributed by atoms with Crippen LogP contribution in [-0.4, -0.2) is 0 Å². The first kappa shape index (κ1) is 22.6. The standard InChI is InChI=1S/C19H20.C10H13Br/c1-12-11-13(2)15(4)19(14(12)3)18-10-6-8-16-7-5-9-17(16)18;1-6-5-7(2)9(4)10(11)8(6)3/h5-6,8-11H,7H2,1-4H3;5H,1-4H3. The van der Waals surface area contributed by atoms with E-state index in [1.807, 2.05) is 0 Å². The van der Waals surface area contributed by atoms with Crippen molar-refractivity contribution in [2.24, 2.45) is 0 Å². The van der Waals surface area contributed by atoms with E-state index < -0.39 is 0 Å². The van der Waals surface area contributed by atoms with E-state index in [1.54, 1.807) is 0 Å². The number of benzene rings is 3. The Hall–Kier alpha value is -2.12. The second kappa shape index (κ2) is 8.94. The molecule has 30 heavy (non-hydrogen) atoms. The van der Waals surface area contributed by atoms with Crippen LogP contribution in [0.3, 0.4) is 0 Å². The topological polar surface area (TPSA) is 0 Å². The highest BCUT2D eigenvalue weighted by Crippen LogP contribution is 2.37. The van der Waals surface area contributed by atoms with Crippen LogP contribution in [0.25, 0.3) is 17.2 Å². The Morgan fingerprint density at radius 3 is 1.70 bits per heavy atom. The Kier molecular flexibility index (Phi) is 6.72. The first-order valence-electron chi connectivity index (χ1n) is 10.7. The highest BCUT2D eigenvalue weighted by Gasteiger charge is 2.16. The van der Waals surface area contributed by atoms with Gasteiger partial charge in [-0.15, -0.1) is 0 Å². The third-order valence-corrected chi connectivity index (χ3v) is 7.92. The molecule has 0 atom stereocenters. The molecule has 156 valence electrons. The van der Waals surface area contributed by atoms with E-state index in [9.17, 15) is 0 Å². The summed E-state index contributed by atoms with van der Waals surface area (Å²) in [5.41, 5.74) is 16.7.